The number of likely N-dealkylation sites (tertiary alicyclic amines) is 1. The molecule has 1 aromatic heterocycles. The van der Waals surface area contributed by atoms with Crippen LogP contribution in [0.1, 0.15) is 35.7 Å². The summed E-state index contributed by atoms with van der Waals surface area (Å²) in [5.74, 6) is -2.26. The smallest absolute Gasteiger partial charge is 0.309 e. The molecule has 1 fully saturated rings. The number of ether oxygens (including phenoxy) is 1. The highest BCUT2D eigenvalue weighted by Gasteiger charge is 2.41. The molecule has 2 N–H and O–H groups in total. The third-order valence-electron chi connectivity index (χ3n) is 8.11. The van der Waals surface area contributed by atoms with Crippen LogP contribution in [0.15, 0.2) is 70.1 Å². The average molecular weight is 655 g/mol. The largest absolute Gasteiger partial charge is 0.481 e. The van der Waals surface area contributed by atoms with E-state index >= 15 is 4.39 Å². The van der Waals surface area contributed by atoms with Gasteiger partial charge in [-0.05, 0) is 44.0 Å². The molecule has 0 spiro atoms. The van der Waals surface area contributed by atoms with Gasteiger partial charge in [0.15, 0.2) is 0 Å². The van der Waals surface area contributed by atoms with Gasteiger partial charge in [-0.25, -0.2) is 14.1 Å². The predicted molar refractivity (Wildman–Crippen MR) is 171 cm³/mol. The quantitative estimate of drug-likeness (QED) is 0.237. The van der Waals surface area contributed by atoms with Crippen LogP contribution in [0.25, 0.3) is 16.8 Å². The van der Waals surface area contributed by atoms with Crippen molar-refractivity contribution >= 4 is 52.4 Å². The van der Waals surface area contributed by atoms with Gasteiger partial charge in [0.2, 0.25) is 5.90 Å². The molecule has 0 radical (unpaired) electrons. The third kappa shape index (κ3) is 6.15. The Kier molecular flexibility index (Phi) is 9.24. The molecule has 1 atom stereocenters. The number of hydrogen-bond acceptors (Lipinski definition) is 7. The molecule has 5 rings (SSSR count). The van der Waals surface area contributed by atoms with Crippen molar-refractivity contribution in [1.82, 2.24) is 14.7 Å². The van der Waals surface area contributed by atoms with Gasteiger partial charge >= 0.3 is 5.97 Å². The molecule has 1 aliphatic heterocycles. The lowest BCUT2D eigenvalue weighted by Gasteiger charge is -2.42. The minimum atomic E-state index is -0.810. The summed E-state index contributed by atoms with van der Waals surface area (Å²) in [7, 11) is 2.92. The summed E-state index contributed by atoms with van der Waals surface area (Å²) in [5.41, 5.74) is 2.07. The van der Waals surface area contributed by atoms with E-state index in [0.717, 1.165) is 28.7 Å². The van der Waals surface area contributed by atoms with Crippen LogP contribution in [0.2, 0.25) is 10.0 Å². The summed E-state index contributed by atoms with van der Waals surface area (Å²) in [6.07, 6.45) is 2.94. The number of carbonyl (C=O) groups is 2. The lowest BCUT2D eigenvalue weighted by atomic mass is 9.94. The van der Waals surface area contributed by atoms with Gasteiger partial charge in [0.1, 0.15) is 11.4 Å². The molecule has 13 heteroatoms. The van der Waals surface area contributed by atoms with Crippen molar-refractivity contribution < 1.29 is 23.8 Å². The number of aliphatic imine (C=N–C) groups is 1. The number of amides is 1. The lowest BCUT2D eigenvalue weighted by molar-refractivity contribution is -0.148. The van der Waals surface area contributed by atoms with E-state index in [9.17, 15) is 19.5 Å². The van der Waals surface area contributed by atoms with Crippen LogP contribution < -0.4 is 10.9 Å². The summed E-state index contributed by atoms with van der Waals surface area (Å²) >= 11 is 13.5. The first kappa shape index (κ1) is 32.1. The molecule has 2 aliphatic rings. The molecular weight excluding hydrogens is 624 g/mol. The van der Waals surface area contributed by atoms with Gasteiger partial charge in [0.25, 0.3) is 11.5 Å². The van der Waals surface area contributed by atoms with E-state index in [2.05, 4.69) is 26.9 Å². The minimum absolute atomic E-state index is 0.00478. The molecule has 1 unspecified atom stereocenters. The first-order valence-electron chi connectivity index (χ1n) is 14.0. The SMILES string of the molecule is C=C(N=C(OC)C1=C(C)CCC1N1CC(C(=O)O)C1)c1ccc(F)c(-c2cccc(NC(=O)c3ccnn(C)c3=O)c2Cl)c1Cl. The molecular formula is C32H30Cl2FN5O5. The van der Waals surface area contributed by atoms with Gasteiger partial charge in [-0.1, -0.05) is 47.5 Å². The van der Waals surface area contributed by atoms with Crippen LogP contribution in [-0.4, -0.2) is 63.8 Å². The summed E-state index contributed by atoms with van der Waals surface area (Å²) in [6, 6.07) is 8.57. The van der Waals surface area contributed by atoms with E-state index < -0.39 is 29.2 Å². The maximum Gasteiger partial charge on any atom is 0.309 e. The normalized spacial score (nSPS) is 17.3. The molecule has 0 bridgehead atoms. The summed E-state index contributed by atoms with van der Waals surface area (Å²) < 4.78 is 22.1. The zero-order valence-electron chi connectivity index (χ0n) is 24.7. The topological polar surface area (TPSA) is 126 Å². The van der Waals surface area contributed by atoms with Gasteiger partial charge in [-0.3, -0.25) is 19.3 Å². The van der Waals surface area contributed by atoms with Crippen molar-refractivity contribution in [2.24, 2.45) is 18.0 Å². The molecule has 0 saturated carbocycles. The minimum Gasteiger partial charge on any atom is -0.481 e. The lowest BCUT2D eigenvalue weighted by Crippen LogP contribution is -2.55. The highest BCUT2D eigenvalue weighted by Crippen LogP contribution is 2.42. The maximum atomic E-state index is 15.4. The maximum absolute atomic E-state index is 15.4. The Labute approximate surface area is 268 Å². The Hall–Kier alpha value is -4.32. The average Bonchev–Trinajstić information content (AvgIpc) is 3.34. The highest BCUT2D eigenvalue weighted by molar-refractivity contribution is 6.39. The second-order valence-electron chi connectivity index (χ2n) is 10.9. The number of aromatic nitrogens is 2. The molecule has 1 saturated heterocycles. The molecule has 45 heavy (non-hydrogen) atoms. The number of carbonyl (C=O) groups excluding carboxylic acids is 1. The molecule has 234 valence electrons. The second kappa shape index (κ2) is 13.0. The van der Waals surface area contributed by atoms with Crippen molar-refractivity contribution in [1.29, 1.82) is 0 Å². The second-order valence-corrected chi connectivity index (χ2v) is 11.6. The van der Waals surface area contributed by atoms with E-state index in [1.54, 1.807) is 12.1 Å². The van der Waals surface area contributed by atoms with Gasteiger partial charge in [-0.15, -0.1) is 0 Å². The van der Waals surface area contributed by atoms with Crippen LogP contribution >= 0.6 is 23.2 Å². The summed E-state index contributed by atoms with van der Waals surface area (Å²) in [4.78, 5) is 43.4. The van der Waals surface area contributed by atoms with E-state index in [4.69, 9.17) is 27.9 Å². The van der Waals surface area contributed by atoms with Crippen LogP contribution in [-0.2, 0) is 16.6 Å². The molecule has 3 aromatic rings. The Bertz CT molecular complexity index is 1850. The van der Waals surface area contributed by atoms with Gasteiger partial charge in [0.05, 0.1) is 34.5 Å². The van der Waals surface area contributed by atoms with Crippen molar-refractivity contribution in [3.05, 3.63) is 97.7 Å². The van der Waals surface area contributed by atoms with Crippen LogP contribution in [0.3, 0.4) is 0 Å². The summed E-state index contributed by atoms with van der Waals surface area (Å²) in [5, 5.41) is 15.7. The molecule has 1 aliphatic carbocycles. The van der Waals surface area contributed by atoms with Crippen LogP contribution in [0.5, 0.6) is 0 Å². The number of nitrogens with zero attached hydrogens (tertiary/aromatic N) is 4. The molecule has 1 amide bonds. The van der Waals surface area contributed by atoms with Gasteiger partial charge < -0.3 is 15.2 Å². The Morgan fingerprint density at radius 2 is 1.89 bits per heavy atom. The molecule has 2 aromatic carbocycles. The number of halogens is 3. The van der Waals surface area contributed by atoms with Crippen LogP contribution in [0, 0.1) is 11.7 Å². The van der Waals surface area contributed by atoms with E-state index in [0.29, 0.717) is 24.6 Å². The first-order valence-corrected chi connectivity index (χ1v) is 14.8. The Morgan fingerprint density at radius 3 is 2.58 bits per heavy atom. The number of allylic oxidation sites excluding steroid dienone is 1. The number of aliphatic carboxylic acids is 1. The zero-order chi connectivity index (χ0) is 32.6. The van der Waals surface area contributed by atoms with Crippen molar-refractivity contribution in [2.45, 2.75) is 25.8 Å². The van der Waals surface area contributed by atoms with Crippen molar-refractivity contribution in [3.8, 4) is 11.1 Å². The van der Waals surface area contributed by atoms with E-state index in [-0.39, 0.29) is 44.2 Å². The Balaban J connectivity index is 1.46. The number of nitrogens with one attached hydrogen (secondary N) is 1. The fourth-order valence-electron chi connectivity index (χ4n) is 5.64. The zero-order valence-corrected chi connectivity index (χ0v) is 26.2. The third-order valence-corrected chi connectivity index (χ3v) is 8.91. The number of aryl methyl sites for hydroxylation is 1. The number of rotatable bonds is 8. The Morgan fingerprint density at radius 1 is 1.16 bits per heavy atom. The van der Waals surface area contributed by atoms with Crippen LogP contribution in [0.4, 0.5) is 10.1 Å². The number of anilines is 1. The summed E-state index contributed by atoms with van der Waals surface area (Å²) in [6.45, 7) is 6.97. The highest BCUT2D eigenvalue weighted by atomic mass is 35.5. The number of carboxylic acid groups (broad SMARTS) is 1. The number of methoxy groups -OCH3 is 1. The van der Waals surface area contributed by atoms with Crippen molar-refractivity contribution in [3.63, 3.8) is 0 Å². The molecule has 2 heterocycles. The fourth-order valence-corrected chi connectivity index (χ4v) is 6.27. The molecule has 10 nitrogen and oxygen atoms in total. The number of benzene rings is 2. The monoisotopic (exact) mass is 653 g/mol. The number of carboxylic acids is 1. The van der Waals surface area contributed by atoms with Crippen molar-refractivity contribution in [2.75, 3.05) is 25.5 Å². The standard InChI is InChI=1S/C32H30Cl2FN5O5/c1-16-8-11-24(40-14-18(15-40)32(43)44)25(16)30(45-4)37-17(2)19-9-10-22(35)26(28(19)34)20-6-5-7-23(27(20)33)38-29(41)21-12-13-36-39(3)31(21)42/h5-7,9-10,12-13,18,24H,2,8,11,14-15H2,1,3-4H3,(H,38,41)(H,43,44). The first-order chi connectivity index (χ1) is 21.4. The van der Waals surface area contributed by atoms with Gasteiger partial charge in [-0.2, -0.15) is 5.10 Å². The fraction of sp³-hybridized carbons (Fsp3) is 0.281. The number of hydrogen-bond donors (Lipinski definition) is 2. The van der Waals surface area contributed by atoms with E-state index in [1.165, 1.54) is 44.6 Å². The predicted octanol–water partition coefficient (Wildman–Crippen LogP) is 5.66. The van der Waals surface area contributed by atoms with Gasteiger partial charge in [0, 0.05) is 54.6 Å². The van der Waals surface area contributed by atoms with E-state index in [1.807, 2.05) is 6.92 Å².